The van der Waals surface area contributed by atoms with E-state index in [1.807, 2.05) is 74.6 Å². The summed E-state index contributed by atoms with van der Waals surface area (Å²) in [6.45, 7) is 5.61. The third-order valence-electron chi connectivity index (χ3n) is 8.34. The van der Waals surface area contributed by atoms with Crippen molar-refractivity contribution in [1.29, 1.82) is 0 Å². The predicted octanol–water partition coefficient (Wildman–Crippen LogP) is 5.56. The van der Waals surface area contributed by atoms with Crippen molar-refractivity contribution in [2.45, 2.75) is 32.5 Å². The van der Waals surface area contributed by atoms with Crippen molar-refractivity contribution in [3.63, 3.8) is 0 Å². The van der Waals surface area contributed by atoms with Crippen molar-refractivity contribution >= 4 is 34.1 Å². The second kappa shape index (κ2) is 13.1. The number of benzene rings is 4. The van der Waals surface area contributed by atoms with Gasteiger partial charge in [-0.05, 0) is 61.3 Å². The van der Waals surface area contributed by atoms with E-state index in [9.17, 15) is 14.7 Å². The monoisotopic (exact) mass is 610 g/mol. The number of nitrogens with one attached hydrogen (secondary N) is 2. The van der Waals surface area contributed by atoms with E-state index in [0.717, 1.165) is 27.8 Å². The lowest BCUT2D eigenvalue weighted by molar-refractivity contribution is 0.0341. The largest absolute Gasteiger partial charge is 0.488 e. The molecular formula is C35H38N4O6. The van der Waals surface area contributed by atoms with Crippen LogP contribution in [0.5, 0.6) is 17.2 Å². The van der Waals surface area contributed by atoms with Crippen LogP contribution in [0.25, 0.3) is 10.8 Å². The lowest BCUT2D eigenvalue weighted by Crippen LogP contribution is -2.49. The van der Waals surface area contributed by atoms with Crippen molar-refractivity contribution < 1.29 is 28.9 Å². The zero-order valence-electron chi connectivity index (χ0n) is 25.7. The number of ether oxygens (including phenoxy) is 3. The summed E-state index contributed by atoms with van der Waals surface area (Å²) in [6, 6.07) is 23.7. The summed E-state index contributed by atoms with van der Waals surface area (Å²) in [5.41, 5.74) is 2.54. The molecular weight excluding hydrogens is 572 g/mol. The third kappa shape index (κ3) is 6.67. The Labute approximate surface area is 262 Å². The summed E-state index contributed by atoms with van der Waals surface area (Å²) in [4.78, 5) is 30.8. The number of nitrogens with zero attached hydrogens (tertiary/aromatic N) is 2. The van der Waals surface area contributed by atoms with E-state index in [4.69, 9.17) is 14.2 Å². The molecule has 0 saturated heterocycles. The molecule has 0 fully saturated rings. The van der Waals surface area contributed by atoms with Gasteiger partial charge in [0, 0.05) is 36.6 Å². The highest BCUT2D eigenvalue weighted by Crippen LogP contribution is 2.34. The minimum Gasteiger partial charge on any atom is -0.488 e. The van der Waals surface area contributed by atoms with Gasteiger partial charge < -0.3 is 34.9 Å². The average molecular weight is 611 g/mol. The van der Waals surface area contributed by atoms with Crippen LogP contribution in [0, 0.1) is 5.92 Å². The molecule has 0 aliphatic carbocycles. The SMILES string of the molecule is C[C@H](CO)N1C[C@H](C)[C@@H](CN(C)Cc2ccc3c(c2)OCO3)Oc2ccc(NC(=O)Nc3cccc4ccccc34)cc2C1=O. The fourth-order valence-corrected chi connectivity index (χ4v) is 5.86. The van der Waals surface area contributed by atoms with Crippen LogP contribution in [0.3, 0.4) is 0 Å². The molecule has 0 bridgehead atoms. The number of fused-ring (bicyclic) bond motifs is 3. The van der Waals surface area contributed by atoms with Crippen LogP contribution < -0.4 is 24.8 Å². The molecule has 2 heterocycles. The third-order valence-corrected chi connectivity index (χ3v) is 8.34. The summed E-state index contributed by atoms with van der Waals surface area (Å²) >= 11 is 0. The molecule has 2 aliphatic heterocycles. The van der Waals surface area contributed by atoms with Crippen molar-refractivity contribution in [2.75, 3.05) is 44.2 Å². The first-order valence-electron chi connectivity index (χ1n) is 15.1. The smallest absolute Gasteiger partial charge is 0.323 e. The average Bonchev–Trinajstić information content (AvgIpc) is 3.51. The molecule has 0 spiro atoms. The van der Waals surface area contributed by atoms with Crippen LogP contribution in [-0.2, 0) is 6.54 Å². The number of hydrogen-bond acceptors (Lipinski definition) is 7. The highest BCUT2D eigenvalue weighted by molar-refractivity contribution is 6.07. The molecule has 0 unspecified atom stereocenters. The van der Waals surface area contributed by atoms with Gasteiger partial charge in [-0.3, -0.25) is 9.69 Å². The molecule has 234 valence electrons. The second-order valence-electron chi connectivity index (χ2n) is 11.8. The maximum absolute atomic E-state index is 13.8. The predicted molar refractivity (Wildman–Crippen MR) is 173 cm³/mol. The van der Waals surface area contributed by atoms with Crippen molar-refractivity contribution in [3.8, 4) is 17.2 Å². The van der Waals surface area contributed by atoms with E-state index in [1.54, 1.807) is 23.1 Å². The van der Waals surface area contributed by atoms with E-state index < -0.39 is 12.1 Å². The van der Waals surface area contributed by atoms with Crippen molar-refractivity contribution in [3.05, 3.63) is 90.0 Å². The van der Waals surface area contributed by atoms with Gasteiger partial charge in [0.25, 0.3) is 5.91 Å². The first-order valence-corrected chi connectivity index (χ1v) is 15.1. The zero-order chi connectivity index (χ0) is 31.5. The number of anilines is 2. The number of carbonyl (C=O) groups excluding carboxylic acids is 2. The maximum atomic E-state index is 13.8. The van der Waals surface area contributed by atoms with Gasteiger partial charge in [-0.1, -0.05) is 49.4 Å². The number of amides is 3. The Morgan fingerprint density at radius 1 is 1.00 bits per heavy atom. The molecule has 0 radical (unpaired) electrons. The van der Waals surface area contributed by atoms with Gasteiger partial charge in [0.15, 0.2) is 11.5 Å². The molecule has 0 saturated carbocycles. The van der Waals surface area contributed by atoms with Crippen LogP contribution in [0.2, 0.25) is 0 Å². The Kier molecular flexibility index (Phi) is 8.77. The van der Waals surface area contributed by atoms with Gasteiger partial charge in [-0.15, -0.1) is 0 Å². The molecule has 3 atom stereocenters. The molecule has 3 amide bonds. The first kappa shape index (κ1) is 30.2. The van der Waals surface area contributed by atoms with Gasteiger partial charge in [0.1, 0.15) is 11.9 Å². The van der Waals surface area contributed by atoms with Gasteiger partial charge in [0.05, 0.1) is 23.9 Å². The van der Waals surface area contributed by atoms with E-state index in [-0.39, 0.29) is 31.3 Å². The second-order valence-corrected chi connectivity index (χ2v) is 11.8. The molecule has 3 N–H and O–H groups in total. The number of aliphatic hydroxyl groups excluding tert-OH is 1. The molecule has 0 aromatic heterocycles. The standard InChI is InChI=1S/C35H38N4O6/c1-22-17-39(23(2)20-40)34(41)28-16-26(36-35(42)37-29-10-6-8-25-7-4-5-9-27(25)29)12-14-30(28)45-33(22)19-38(3)18-24-11-13-31-32(15-24)44-21-43-31/h4-16,22-23,33,40H,17-21H2,1-3H3,(H2,36,37,42)/t22-,23+,33+/m0/s1. The van der Waals surface area contributed by atoms with Crippen LogP contribution in [0.15, 0.2) is 78.9 Å². The van der Waals surface area contributed by atoms with Gasteiger partial charge in [0.2, 0.25) is 6.79 Å². The number of hydrogen-bond donors (Lipinski definition) is 3. The molecule has 6 rings (SSSR count). The number of likely N-dealkylation sites (N-methyl/N-ethyl adjacent to an activating group) is 1. The van der Waals surface area contributed by atoms with E-state index in [0.29, 0.717) is 42.3 Å². The topological polar surface area (TPSA) is 113 Å². The minimum absolute atomic E-state index is 0.0282. The lowest BCUT2D eigenvalue weighted by atomic mass is 9.99. The molecule has 4 aromatic rings. The van der Waals surface area contributed by atoms with Crippen LogP contribution in [-0.4, -0.2) is 72.5 Å². The lowest BCUT2D eigenvalue weighted by Gasteiger charge is -2.38. The highest BCUT2D eigenvalue weighted by atomic mass is 16.7. The van der Waals surface area contributed by atoms with E-state index in [2.05, 4.69) is 22.5 Å². The number of urea groups is 1. The molecule has 45 heavy (non-hydrogen) atoms. The van der Waals surface area contributed by atoms with E-state index in [1.165, 1.54) is 0 Å². The molecule has 4 aromatic carbocycles. The van der Waals surface area contributed by atoms with Gasteiger partial charge >= 0.3 is 6.03 Å². The Hall–Kier alpha value is -4.80. The van der Waals surface area contributed by atoms with Gasteiger partial charge in [-0.2, -0.15) is 0 Å². The maximum Gasteiger partial charge on any atom is 0.323 e. The van der Waals surface area contributed by atoms with Crippen LogP contribution in [0.4, 0.5) is 16.2 Å². The Morgan fingerprint density at radius 2 is 1.78 bits per heavy atom. The van der Waals surface area contributed by atoms with Crippen molar-refractivity contribution in [1.82, 2.24) is 9.80 Å². The minimum atomic E-state index is -0.428. The molecule has 10 heteroatoms. The number of rotatable bonds is 8. The first-order chi connectivity index (χ1) is 21.8. The van der Waals surface area contributed by atoms with Crippen molar-refractivity contribution in [2.24, 2.45) is 5.92 Å². The highest BCUT2D eigenvalue weighted by Gasteiger charge is 2.33. The van der Waals surface area contributed by atoms with Crippen LogP contribution in [0.1, 0.15) is 29.8 Å². The summed E-state index contributed by atoms with van der Waals surface area (Å²) in [7, 11) is 2.03. The number of carbonyl (C=O) groups is 2. The Morgan fingerprint density at radius 3 is 2.62 bits per heavy atom. The van der Waals surface area contributed by atoms with Gasteiger partial charge in [-0.25, -0.2) is 4.79 Å². The van der Waals surface area contributed by atoms with Crippen LogP contribution >= 0.6 is 0 Å². The fourth-order valence-electron chi connectivity index (χ4n) is 5.86. The number of aliphatic hydroxyl groups is 1. The molecule has 10 nitrogen and oxygen atoms in total. The van der Waals surface area contributed by atoms with E-state index >= 15 is 0 Å². The zero-order valence-corrected chi connectivity index (χ0v) is 25.7. The quantitative estimate of drug-likeness (QED) is 0.239. The Bertz CT molecular complexity index is 1710. The fraction of sp³-hybridized carbons (Fsp3) is 0.314. The molecule has 2 aliphatic rings. The summed E-state index contributed by atoms with van der Waals surface area (Å²) in [6.07, 6.45) is -0.252. The normalized spacial score (nSPS) is 18.2. The summed E-state index contributed by atoms with van der Waals surface area (Å²) in [5, 5.41) is 17.7. The summed E-state index contributed by atoms with van der Waals surface area (Å²) < 4.78 is 17.5. The summed E-state index contributed by atoms with van der Waals surface area (Å²) in [5.74, 6) is 1.64. The Balaban J connectivity index is 1.21.